The van der Waals surface area contributed by atoms with Crippen molar-refractivity contribution < 1.29 is 14.3 Å². The molecule has 0 saturated heterocycles. The lowest BCUT2D eigenvalue weighted by Gasteiger charge is -2.21. The molecule has 5 heteroatoms. The van der Waals surface area contributed by atoms with Crippen LogP contribution in [0.3, 0.4) is 0 Å². The summed E-state index contributed by atoms with van der Waals surface area (Å²) in [6, 6.07) is 0.355. The van der Waals surface area contributed by atoms with Crippen molar-refractivity contribution in [3.8, 4) is 0 Å². The predicted molar refractivity (Wildman–Crippen MR) is 73.8 cm³/mol. The molecule has 0 spiro atoms. The molecule has 5 nitrogen and oxygen atoms in total. The summed E-state index contributed by atoms with van der Waals surface area (Å²) in [6.45, 7) is 7.81. The second-order valence-corrected chi connectivity index (χ2v) is 6.15. The molecule has 1 atom stereocenters. The van der Waals surface area contributed by atoms with Crippen LogP contribution in [-0.2, 0) is 9.53 Å². The van der Waals surface area contributed by atoms with Crippen molar-refractivity contribution in [3.63, 3.8) is 0 Å². The molecule has 0 aromatic heterocycles. The molecule has 2 amide bonds. The van der Waals surface area contributed by atoms with Crippen molar-refractivity contribution in [2.75, 3.05) is 6.54 Å². The molecule has 1 unspecified atom stereocenters. The smallest absolute Gasteiger partial charge is 0.407 e. The van der Waals surface area contributed by atoms with E-state index in [1.54, 1.807) is 0 Å². The first-order chi connectivity index (χ1) is 8.81. The molecule has 110 valence electrons. The average molecular weight is 270 g/mol. The summed E-state index contributed by atoms with van der Waals surface area (Å²) in [6.07, 6.45) is 3.37. The fourth-order valence-electron chi connectivity index (χ4n) is 1.74. The summed E-state index contributed by atoms with van der Waals surface area (Å²) in [7, 11) is 0. The van der Waals surface area contributed by atoms with Gasteiger partial charge in [-0.05, 0) is 40.0 Å². The van der Waals surface area contributed by atoms with E-state index in [0.29, 0.717) is 12.6 Å². The molecule has 0 heterocycles. The van der Waals surface area contributed by atoms with Crippen LogP contribution >= 0.6 is 0 Å². The number of rotatable bonds is 6. The topological polar surface area (TPSA) is 67.4 Å². The van der Waals surface area contributed by atoms with E-state index in [0.717, 1.165) is 25.7 Å². The lowest BCUT2D eigenvalue weighted by Crippen LogP contribution is -2.41. The second-order valence-electron chi connectivity index (χ2n) is 6.15. The van der Waals surface area contributed by atoms with Crippen LogP contribution in [0.2, 0.25) is 0 Å². The number of hydrogen-bond acceptors (Lipinski definition) is 3. The first-order valence-electron chi connectivity index (χ1n) is 7.09. The average Bonchev–Trinajstić information content (AvgIpc) is 3.05. The Balaban J connectivity index is 2.35. The molecule has 0 aromatic carbocycles. The van der Waals surface area contributed by atoms with Crippen molar-refractivity contribution >= 4 is 12.0 Å². The van der Waals surface area contributed by atoms with Gasteiger partial charge in [-0.1, -0.05) is 13.3 Å². The minimum absolute atomic E-state index is 0.0420. The highest BCUT2D eigenvalue weighted by atomic mass is 16.6. The van der Waals surface area contributed by atoms with Crippen LogP contribution in [0.5, 0.6) is 0 Å². The van der Waals surface area contributed by atoms with E-state index < -0.39 is 11.7 Å². The third-order valence-electron chi connectivity index (χ3n) is 2.82. The van der Waals surface area contributed by atoms with Gasteiger partial charge in [-0.15, -0.1) is 0 Å². The lowest BCUT2D eigenvalue weighted by molar-refractivity contribution is -0.125. The molecular weight excluding hydrogens is 244 g/mol. The van der Waals surface area contributed by atoms with Gasteiger partial charge in [-0.3, -0.25) is 4.79 Å². The number of amides is 2. The first-order valence-corrected chi connectivity index (χ1v) is 7.09. The van der Waals surface area contributed by atoms with E-state index in [-0.39, 0.29) is 11.8 Å². The number of carbonyl (C=O) groups excluding carboxylic acids is 2. The summed E-state index contributed by atoms with van der Waals surface area (Å²) in [5.41, 5.74) is -0.513. The molecule has 0 radical (unpaired) electrons. The van der Waals surface area contributed by atoms with Crippen LogP contribution in [0.1, 0.15) is 53.4 Å². The summed E-state index contributed by atoms with van der Waals surface area (Å²) in [5, 5.41) is 5.66. The first kappa shape index (κ1) is 15.8. The zero-order valence-electron chi connectivity index (χ0n) is 12.4. The van der Waals surface area contributed by atoms with Crippen LogP contribution in [0.15, 0.2) is 0 Å². The summed E-state index contributed by atoms with van der Waals surface area (Å²) >= 11 is 0. The van der Waals surface area contributed by atoms with Gasteiger partial charge in [-0.2, -0.15) is 0 Å². The molecular formula is C14H26N2O3. The molecule has 0 aromatic rings. The Labute approximate surface area is 115 Å². The fraction of sp³-hybridized carbons (Fsp3) is 0.857. The Hall–Kier alpha value is -1.26. The quantitative estimate of drug-likeness (QED) is 0.777. The Morgan fingerprint density at radius 3 is 2.42 bits per heavy atom. The molecule has 1 rings (SSSR count). The molecule has 0 aliphatic heterocycles. The van der Waals surface area contributed by atoms with Crippen molar-refractivity contribution in [2.45, 2.75) is 65.0 Å². The number of hydrogen-bond donors (Lipinski definition) is 2. The summed E-state index contributed by atoms with van der Waals surface area (Å²) in [4.78, 5) is 23.5. The molecule has 0 bridgehead atoms. The standard InChI is InChI=1S/C14H26N2O3/c1-5-6-10(12(17)16-11-7-8-11)9-15-13(18)19-14(2,3)4/h10-11H,5-9H2,1-4H3,(H,15,18)(H,16,17). The third-order valence-corrected chi connectivity index (χ3v) is 2.82. The van der Waals surface area contributed by atoms with E-state index >= 15 is 0 Å². The van der Waals surface area contributed by atoms with Crippen LogP contribution < -0.4 is 10.6 Å². The normalized spacial score (nSPS) is 16.6. The van der Waals surface area contributed by atoms with Gasteiger partial charge >= 0.3 is 6.09 Å². The predicted octanol–water partition coefficient (Wildman–Crippen LogP) is 2.21. The monoisotopic (exact) mass is 270 g/mol. The van der Waals surface area contributed by atoms with Crippen LogP contribution in [-0.4, -0.2) is 30.2 Å². The molecule has 1 saturated carbocycles. The Bertz CT molecular complexity index is 319. The maximum atomic E-state index is 12.0. The molecule has 1 fully saturated rings. The van der Waals surface area contributed by atoms with Crippen molar-refractivity contribution in [1.29, 1.82) is 0 Å². The SMILES string of the molecule is CCCC(CNC(=O)OC(C)(C)C)C(=O)NC1CC1. The lowest BCUT2D eigenvalue weighted by atomic mass is 10.0. The molecule has 19 heavy (non-hydrogen) atoms. The van der Waals surface area contributed by atoms with Gasteiger partial charge in [-0.25, -0.2) is 4.79 Å². The van der Waals surface area contributed by atoms with E-state index in [2.05, 4.69) is 10.6 Å². The molecule has 1 aliphatic rings. The number of ether oxygens (including phenoxy) is 1. The highest BCUT2D eigenvalue weighted by molar-refractivity contribution is 5.80. The third kappa shape index (κ3) is 7.03. The maximum Gasteiger partial charge on any atom is 0.407 e. The van der Waals surface area contributed by atoms with Crippen LogP contribution in [0.25, 0.3) is 0 Å². The summed E-state index contributed by atoms with van der Waals surface area (Å²) < 4.78 is 5.16. The largest absolute Gasteiger partial charge is 0.444 e. The van der Waals surface area contributed by atoms with Gasteiger partial charge in [0.05, 0.1) is 5.92 Å². The van der Waals surface area contributed by atoms with Crippen molar-refractivity contribution in [3.05, 3.63) is 0 Å². The molecule has 2 N–H and O–H groups in total. The van der Waals surface area contributed by atoms with Gasteiger partial charge in [0.2, 0.25) is 5.91 Å². The highest BCUT2D eigenvalue weighted by Crippen LogP contribution is 2.20. The van der Waals surface area contributed by atoms with E-state index in [9.17, 15) is 9.59 Å². The van der Waals surface area contributed by atoms with E-state index in [1.807, 2.05) is 27.7 Å². The van der Waals surface area contributed by atoms with Crippen LogP contribution in [0.4, 0.5) is 4.79 Å². The van der Waals surface area contributed by atoms with Crippen molar-refractivity contribution in [1.82, 2.24) is 10.6 Å². The fourth-order valence-corrected chi connectivity index (χ4v) is 1.74. The number of nitrogens with one attached hydrogen (secondary N) is 2. The minimum Gasteiger partial charge on any atom is -0.444 e. The van der Waals surface area contributed by atoms with E-state index in [1.165, 1.54) is 0 Å². The zero-order chi connectivity index (χ0) is 14.5. The van der Waals surface area contributed by atoms with Crippen molar-refractivity contribution in [2.24, 2.45) is 5.92 Å². The van der Waals surface area contributed by atoms with Gasteiger partial charge in [0, 0.05) is 12.6 Å². The van der Waals surface area contributed by atoms with Crippen LogP contribution in [0, 0.1) is 5.92 Å². The van der Waals surface area contributed by atoms with Gasteiger partial charge in [0.1, 0.15) is 5.60 Å². The van der Waals surface area contributed by atoms with Gasteiger partial charge in [0.15, 0.2) is 0 Å². The second kappa shape index (κ2) is 6.78. The summed E-state index contributed by atoms with van der Waals surface area (Å²) in [5.74, 6) is -0.126. The highest BCUT2D eigenvalue weighted by Gasteiger charge is 2.27. The molecule has 1 aliphatic carbocycles. The maximum absolute atomic E-state index is 12.0. The Morgan fingerprint density at radius 2 is 1.95 bits per heavy atom. The van der Waals surface area contributed by atoms with Gasteiger partial charge < -0.3 is 15.4 Å². The zero-order valence-corrected chi connectivity index (χ0v) is 12.4. The van der Waals surface area contributed by atoms with E-state index in [4.69, 9.17) is 4.74 Å². The minimum atomic E-state index is -0.513. The Morgan fingerprint density at radius 1 is 1.32 bits per heavy atom. The number of carbonyl (C=O) groups is 2. The Kier molecular flexibility index (Phi) is 5.63. The van der Waals surface area contributed by atoms with Gasteiger partial charge in [0.25, 0.3) is 0 Å². The number of alkyl carbamates (subject to hydrolysis) is 1.